The highest BCUT2D eigenvalue weighted by atomic mass is 35.5. The zero-order chi connectivity index (χ0) is 11.0. The van der Waals surface area contributed by atoms with E-state index in [1.807, 2.05) is 19.9 Å². The normalized spacial score (nSPS) is 11.3. The minimum absolute atomic E-state index is 0.258. The van der Waals surface area contributed by atoms with Crippen LogP contribution in [0.5, 0.6) is 0 Å². The van der Waals surface area contributed by atoms with Crippen molar-refractivity contribution < 1.29 is 0 Å². The van der Waals surface area contributed by atoms with Gasteiger partial charge < -0.3 is 0 Å². The maximum atomic E-state index is 6.03. The van der Waals surface area contributed by atoms with Crippen LogP contribution in [-0.2, 0) is 0 Å². The van der Waals surface area contributed by atoms with Crippen molar-refractivity contribution in [3.05, 3.63) is 34.1 Å². The second-order valence-electron chi connectivity index (χ2n) is 3.69. The van der Waals surface area contributed by atoms with Gasteiger partial charge in [-0.1, -0.05) is 37.0 Å². The lowest BCUT2D eigenvalue weighted by Gasteiger charge is -2.07. The van der Waals surface area contributed by atoms with Crippen molar-refractivity contribution in [2.45, 2.75) is 19.8 Å². The largest absolute Gasteiger partial charge is 0.248 e. The van der Waals surface area contributed by atoms with Gasteiger partial charge in [0.2, 0.25) is 0 Å². The summed E-state index contributed by atoms with van der Waals surface area (Å²) >= 11 is 11.9. The van der Waals surface area contributed by atoms with Crippen LogP contribution in [0.1, 0.15) is 25.5 Å². The minimum atomic E-state index is 0.258. The van der Waals surface area contributed by atoms with Gasteiger partial charge in [0.25, 0.3) is 0 Å². The highest BCUT2D eigenvalue weighted by Crippen LogP contribution is 2.24. The molecule has 0 unspecified atom stereocenters. The summed E-state index contributed by atoms with van der Waals surface area (Å²) in [4.78, 5) is 8.74. The predicted molar refractivity (Wildman–Crippen MR) is 63.6 cm³/mol. The van der Waals surface area contributed by atoms with E-state index in [4.69, 9.17) is 23.2 Å². The molecule has 1 aromatic carbocycles. The topological polar surface area (TPSA) is 25.8 Å². The van der Waals surface area contributed by atoms with Gasteiger partial charge in [0.15, 0.2) is 5.15 Å². The fourth-order valence-corrected chi connectivity index (χ4v) is 1.90. The average molecular weight is 241 g/mol. The highest BCUT2D eigenvalue weighted by molar-refractivity contribution is 6.31. The first-order valence-electron chi connectivity index (χ1n) is 4.70. The summed E-state index contributed by atoms with van der Waals surface area (Å²) in [7, 11) is 0. The Labute approximate surface area is 98.3 Å². The molecule has 0 saturated heterocycles. The van der Waals surface area contributed by atoms with E-state index in [-0.39, 0.29) is 5.92 Å². The van der Waals surface area contributed by atoms with E-state index in [9.17, 15) is 0 Å². The van der Waals surface area contributed by atoms with Crippen LogP contribution in [0.15, 0.2) is 18.2 Å². The van der Waals surface area contributed by atoms with E-state index in [2.05, 4.69) is 9.97 Å². The summed E-state index contributed by atoms with van der Waals surface area (Å²) in [5, 5.41) is 1.13. The summed E-state index contributed by atoms with van der Waals surface area (Å²) in [6.45, 7) is 4.07. The molecular formula is C11H10Cl2N2. The van der Waals surface area contributed by atoms with Crippen molar-refractivity contribution in [1.29, 1.82) is 0 Å². The molecular weight excluding hydrogens is 231 g/mol. The monoisotopic (exact) mass is 240 g/mol. The third-order valence-corrected chi connectivity index (χ3v) is 2.67. The molecule has 0 atom stereocenters. The van der Waals surface area contributed by atoms with Crippen LogP contribution in [0.4, 0.5) is 0 Å². The first-order chi connectivity index (χ1) is 7.08. The first-order valence-corrected chi connectivity index (χ1v) is 5.46. The number of benzene rings is 1. The first kappa shape index (κ1) is 10.7. The van der Waals surface area contributed by atoms with E-state index < -0.39 is 0 Å². The lowest BCUT2D eigenvalue weighted by molar-refractivity contribution is 0.822. The second-order valence-corrected chi connectivity index (χ2v) is 4.48. The molecule has 0 aliphatic rings. The van der Waals surface area contributed by atoms with Crippen LogP contribution in [0.25, 0.3) is 11.0 Å². The van der Waals surface area contributed by atoms with Crippen molar-refractivity contribution >= 4 is 34.2 Å². The van der Waals surface area contributed by atoms with Gasteiger partial charge in [-0.2, -0.15) is 0 Å². The van der Waals surface area contributed by atoms with Crippen molar-refractivity contribution in [3.63, 3.8) is 0 Å². The number of hydrogen-bond acceptors (Lipinski definition) is 2. The fraction of sp³-hybridized carbons (Fsp3) is 0.273. The molecule has 0 radical (unpaired) electrons. The molecule has 15 heavy (non-hydrogen) atoms. The minimum Gasteiger partial charge on any atom is -0.248 e. The summed E-state index contributed by atoms with van der Waals surface area (Å²) in [5.74, 6) is 0.258. The number of nitrogens with zero attached hydrogens (tertiary/aromatic N) is 2. The average Bonchev–Trinajstić information content (AvgIpc) is 2.17. The van der Waals surface area contributed by atoms with Crippen LogP contribution in [0, 0.1) is 0 Å². The lowest BCUT2D eigenvalue weighted by Crippen LogP contribution is -1.97. The van der Waals surface area contributed by atoms with Gasteiger partial charge >= 0.3 is 0 Å². The van der Waals surface area contributed by atoms with E-state index in [1.165, 1.54) is 0 Å². The summed E-state index contributed by atoms with van der Waals surface area (Å²) in [5.41, 5.74) is 2.37. The SMILES string of the molecule is CC(C)c1nc2cc(Cl)ccc2nc1Cl. The molecule has 78 valence electrons. The maximum absolute atomic E-state index is 6.03. The van der Waals surface area contributed by atoms with Gasteiger partial charge in [-0.05, 0) is 24.1 Å². The molecule has 2 aromatic rings. The summed E-state index contributed by atoms with van der Waals surface area (Å²) < 4.78 is 0. The van der Waals surface area contributed by atoms with Crippen LogP contribution in [-0.4, -0.2) is 9.97 Å². The highest BCUT2D eigenvalue weighted by Gasteiger charge is 2.10. The molecule has 0 fully saturated rings. The van der Waals surface area contributed by atoms with Gasteiger partial charge in [0.05, 0.1) is 16.7 Å². The Hall–Kier alpha value is -0.860. The molecule has 1 aromatic heterocycles. The van der Waals surface area contributed by atoms with Gasteiger partial charge in [0, 0.05) is 5.02 Å². The number of rotatable bonds is 1. The molecule has 2 rings (SSSR count). The van der Waals surface area contributed by atoms with Crippen molar-refractivity contribution in [2.24, 2.45) is 0 Å². The van der Waals surface area contributed by atoms with Crippen molar-refractivity contribution in [1.82, 2.24) is 9.97 Å². The predicted octanol–water partition coefficient (Wildman–Crippen LogP) is 4.06. The molecule has 0 amide bonds. The maximum Gasteiger partial charge on any atom is 0.151 e. The quantitative estimate of drug-likeness (QED) is 0.752. The Bertz CT molecular complexity index is 509. The zero-order valence-corrected chi connectivity index (χ0v) is 9.97. The number of aromatic nitrogens is 2. The standard InChI is InChI=1S/C11H10Cl2N2/c1-6(2)10-11(13)15-8-4-3-7(12)5-9(8)14-10/h3-6H,1-2H3. The number of halogens is 2. The third-order valence-electron chi connectivity index (χ3n) is 2.16. The lowest BCUT2D eigenvalue weighted by atomic mass is 10.1. The molecule has 0 aliphatic heterocycles. The van der Waals surface area contributed by atoms with Gasteiger partial charge in [-0.3, -0.25) is 0 Å². The molecule has 4 heteroatoms. The second kappa shape index (κ2) is 3.95. The van der Waals surface area contributed by atoms with Gasteiger partial charge in [-0.15, -0.1) is 0 Å². The Morgan fingerprint density at radius 1 is 1.07 bits per heavy atom. The molecule has 0 bridgehead atoms. The third kappa shape index (κ3) is 2.06. The smallest absolute Gasteiger partial charge is 0.151 e. The molecule has 2 nitrogen and oxygen atoms in total. The van der Waals surface area contributed by atoms with E-state index in [0.717, 1.165) is 16.7 Å². The van der Waals surface area contributed by atoms with Crippen LogP contribution in [0.2, 0.25) is 10.2 Å². The van der Waals surface area contributed by atoms with E-state index in [0.29, 0.717) is 10.2 Å². The summed E-state index contributed by atoms with van der Waals surface area (Å²) in [6.07, 6.45) is 0. The molecule has 0 aliphatic carbocycles. The number of hydrogen-bond donors (Lipinski definition) is 0. The summed E-state index contributed by atoms with van der Waals surface area (Å²) in [6, 6.07) is 5.40. The molecule has 0 saturated carbocycles. The fourth-order valence-electron chi connectivity index (χ4n) is 1.39. The molecule has 0 spiro atoms. The van der Waals surface area contributed by atoms with Gasteiger partial charge in [-0.25, -0.2) is 9.97 Å². The van der Waals surface area contributed by atoms with Crippen molar-refractivity contribution in [3.8, 4) is 0 Å². The van der Waals surface area contributed by atoms with Crippen LogP contribution in [0.3, 0.4) is 0 Å². The Morgan fingerprint density at radius 3 is 2.47 bits per heavy atom. The van der Waals surface area contributed by atoms with E-state index in [1.54, 1.807) is 12.1 Å². The van der Waals surface area contributed by atoms with Gasteiger partial charge in [0.1, 0.15) is 0 Å². The molecule has 0 N–H and O–H groups in total. The number of fused-ring (bicyclic) bond motifs is 1. The molecule has 1 heterocycles. The Balaban J connectivity index is 2.72. The Morgan fingerprint density at radius 2 is 1.80 bits per heavy atom. The van der Waals surface area contributed by atoms with Crippen molar-refractivity contribution in [2.75, 3.05) is 0 Å². The van der Waals surface area contributed by atoms with Crippen LogP contribution >= 0.6 is 23.2 Å². The Kier molecular flexibility index (Phi) is 2.81. The van der Waals surface area contributed by atoms with E-state index >= 15 is 0 Å². The zero-order valence-electron chi connectivity index (χ0n) is 8.46. The van der Waals surface area contributed by atoms with Crippen LogP contribution < -0.4 is 0 Å².